The molecule has 3 nitrogen and oxygen atoms in total. The molecule has 0 amide bonds. The Morgan fingerprint density at radius 2 is 2.00 bits per heavy atom. The van der Waals surface area contributed by atoms with Crippen molar-refractivity contribution in [1.29, 1.82) is 0 Å². The maximum absolute atomic E-state index is 13.3. The van der Waals surface area contributed by atoms with E-state index >= 15 is 0 Å². The van der Waals surface area contributed by atoms with Gasteiger partial charge in [0.25, 0.3) is 0 Å². The average Bonchev–Trinajstić information content (AvgIpc) is 2.76. The highest BCUT2D eigenvalue weighted by molar-refractivity contribution is 5.77. The molecule has 1 saturated heterocycles. The van der Waals surface area contributed by atoms with Gasteiger partial charge in [-0.25, -0.2) is 0 Å². The number of carboxylic acids is 1. The lowest BCUT2D eigenvalue weighted by Gasteiger charge is -2.32. The minimum atomic E-state index is -4.77. The normalized spacial score (nSPS) is 26.7. The first-order valence-electron chi connectivity index (χ1n) is 6.34. The van der Waals surface area contributed by atoms with Gasteiger partial charge in [-0.2, -0.15) is 13.2 Å². The first kappa shape index (κ1) is 14.8. The van der Waals surface area contributed by atoms with Crippen LogP contribution in [0.15, 0.2) is 24.3 Å². The Labute approximate surface area is 114 Å². The standard InChI is InChI=1S/C14H16F3NO2/c1-9-2-4-10(5-3-9)6-11-7-18-8-13(11,12(19)20)14(15,16)17/h2-5,11,18H,6-8H2,1H3,(H,19,20)/t11-,13+/m0/s1. The van der Waals surface area contributed by atoms with Crippen LogP contribution in [-0.2, 0) is 11.2 Å². The molecule has 1 aromatic rings. The molecule has 0 spiro atoms. The Hall–Kier alpha value is -1.56. The maximum atomic E-state index is 13.3. The van der Waals surface area contributed by atoms with Crippen molar-refractivity contribution in [3.05, 3.63) is 35.4 Å². The zero-order valence-corrected chi connectivity index (χ0v) is 11.0. The van der Waals surface area contributed by atoms with Crippen LogP contribution in [0.1, 0.15) is 11.1 Å². The maximum Gasteiger partial charge on any atom is 0.406 e. The molecule has 1 aliphatic heterocycles. The number of carbonyl (C=O) groups is 1. The molecule has 1 heterocycles. The minimum Gasteiger partial charge on any atom is -0.481 e. The van der Waals surface area contributed by atoms with E-state index < -0.39 is 30.0 Å². The number of aryl methyl sites for hydroxylation is 1. The van der Waals surface area contributed by atoms with Crippen molar-refractivity contribution in [1.82, 2.24) is 5.32 Å². The summed E-state index contributed by atoms with van der Waals surface area (Å²) in [4.78, 5) is 11.3. The molecule has 1 aromatic carbocycles. The summed E-state index contributed by atoms with van der Waals surface area (Å²) in [7, 11) is 0. The van der Waals surface area contributed by atoms with Crippen LogP contribution >= 0.6 is 0 Å². The lowest BCUT2D eigenvalue weighted by molar-refractivity contribution is -0.236. The van der Waals surface area contributed by atoms with Crippen molar-refractivity contribution >= 4 is 5.97 Å². The predicted molar refractivity (Wildman–Crippen MR) is 67.4 cm³/mol. The van der Waals surface area contributed by atoms with Crippen molar-refractivity contribution in [2.45, 2.75) is 19.5 Å². The SMILES string of the molecule is Cc1ccc(C[C@H]2CNC[C@@]2(C(=O)O)C(F)(F)F)cc1. The van der Waals surface area contributed by atoms with Crippen LogP contribution in [0.3, 0.4) is 0 Å². The molecule has 0 unspecified atom stereocenters. The van der Waals surface area contributed by atoms with Gasteiger partial charge in [0.05, 0.1) is 0 Å². The molecule has 2 rings (SSSR count). The molecule has 1 aliphatic rings. The van der Waals surface area contributed by atoms with Gasteiger partial charge in [-0.15, -0.1) is 0 Å². The number of rotatable bonds is 3. The summed E-state index contributed by atoms with van der Waals surface area (Å²) < 4.78 is 39.8. The number of alkyl halides is 3. The molecule has 2 atom stereocenters. The van der Waals surface area contributed by atoms with E-state index in [-0.39, 0.29) is 13.0 Å². The molecule has 6 heteroatoms. The number of halogens is 3. The third-order valence-electron chi connectivity index (χ3n) is 3.98. The molecular weight excluding hydrogens is 271 g/mol. The van der Waals surface area contributed by atoms with Crippen LogP contribution in [0.5, 0.6) is 0 Å². The zero-order valence-electron chi connectivity index (χ0n) is 11.0. The van der Waals surface area contributed by atoms with E-state index in [0.717, 1.165) is 11.1 Å². The fourth-order valence-corrected chi connectivity index (χ4v) is 2.72. The number of carboxylic acid groups (broad SMARTS) is 1. The van der Waals surface area contributed by atoms with Gasteiger partial charge in [-0.3, -0.25) is 4.79 Å². The number of hydrogen-bond acceptors (Lipinski definition) is 2. The van der Waals surface area contributed by atoms with E-state index in [0.29, 0.717) is 0 Å². The largest absolute Gasteiger partial charge is 0.481 e. The van der Waals surface area contributed by atoms with Crippen molar-refractivity contribution < 1.29 is 23.1 Å². The molecule has 110 valence electrons. The van der Waals surface area contributed by atoms with Crippen LogP contribution in [0, 0.1) is 18.3 Å². The predicted octanol–water partition coefficient (Wildman–Crippen LogP) is 2.39. The van der Waals surface area contributed by atoms with Crippen LogP contribution in [-0.4, -0.2) is 30.3 Å². The topological polar surface area (TPSA) is 49.3 Å². The molecular formula is C14H16F3NO2. The molecule has 2 N–H and O–H groups in total. The monoisotopic (exact) mass is 287 g/mol. The van der Waals surface area contributed by atoms with Gasteiger partial charge in [0.15, 0.2) is 5.41 Å². The molecule has 0 saturated carbocycles. The van der Waals surface area contributed by atoms with Crippen LogP contribution in [0.2, 0.25) is 0 Å². The van der Waals surface area contributed by atoms with E-state index in [1.165, 1.54) is 0 Å². The average molecular weight is 287 g/mol. The van der Waals surface area contributed by atoms with Gasteiger partial charge in [0, 0.05) is 12.5 Å². The smallest absolute Gasteiger partial charge is 0.406 e. The Morgan fingerprint density at radius 3 is 2.50 bits per heavy atom. The Kier molecular flexibility index (Phi) is 3.77. The second-order valence-electron chi connectivity index (χ2n) is 5.29. The van der Waals surface area contributed by atoms with Crippen LogP contribution in [0.25, 0.3) is 0 Å². The summed E-state index contributed by atoms with van der Waals surface area (Å²) in [6.45, 7) is 1.38. The lowest BCUT2D eigenvalue weighted by atomic mass is 9.74. The molecule has 0 radical (unpaired) electrons. The van der Waals surface area contributed by atoms with Gasteiger partial charge in [-0.1, -0.05) is 29.8 Å². The van der Waals surface area contributed by atoms with Gasteiger partial charge >= 0.3 is 12.1 Å². The van der Waals surface area contributed by atoms with E-state index in [2.05, 4.69) is 5.32 Å². The van der Waals surface area contributed by atoms with Crippen LogP contribution < -0.4 is 5.32 Å². The quantitative estimate of drug-likeness (QED) is 0.897. The fraction of sp³-hybridized carbons (Fsp3) is 0.500. The van der Waals surface area contributed by atoms with E-state index in [1.54, 1.807) is 12.1 Å². The number of hydrogen-bond donors (Lipinski definition) is 2. The zero-order chi connectivity index (χ0) is 15.0. The minimum absolute atomic E-state index is 0.0552. The van der Waals surface area contributed by atoms with Gasteiger partial charge in [-0.05, 0) is 25.5 Å². The van der Waals surface area contributed by atoms with Crippen molar-refractivity contribution in [3.8, 4) is 0 Å². The third-order valence-corrected chi connectivity index (χ3v) is 3.98. The Morgan fingerprint density at radius 1 is 1.40 bits per heavy atom. The second kappa shape index (κ2) is 5.09. The number of benzene rings is 1. The highest BCUT2D eigenvalue weighted by Crippen LogP contribution is 2.47. The van der Waals surface area contributed by atoms with Crippen molar-refractivity contribution in [2.24, 2.45) is 11.3 Å². The molecule has 1 fully saturated rings. The molecule has 20 heavy (non-hydrogen) atoms. The summed E-state index contributed by atoms with van der Waals surface area (Å²) in [6, 6.07) is 7.12. The first-order valence-corrected chi connectivity index (χ1v) is 6.34. The second-order valence-corrected chi connectivity index (χ2v) is 5.29. The number of aliphatic carboxylic acids is 1. The highest BCUT2D eigenvalue weighted by atomic mass is 19.4. The first-order chi connectivity index (χ1) is 9.27. The van der Waals surface area contributed by atoms with Crippen molar-refractivity contribution in [2.75, 3.05) is 13.1 Å². The lowest BCUT2D eigenvalue weighted by Crippen LogP contribution is -2.51. The summed E-state index contributed by atoms with van der Waals surface area (Å²) >= 11 is 0. The highest BCUT2D eigenvalue weighted by Gasteiger charge is 2.66. The summed E-state index contributed by atoms with van der Waals surface area (Å²) in [5, 5.41) is 11.7. The molecule has 0 aliphatic carbocycles. The van der Waals surface area contributed by atoms with E-state index in [9.17, 15) is 18.0 Å². The van der Waals surface area contributed by atoms with E-state index in [1.807, 2.05) is 19.1 Å². The Balaban J connectivity index is 2.30. The summed E-state index contributed by atoms with van der Waals surface area (Å²) in [6.07, 6.45) is -4.67. The number of nitrogens with one attached hydrogen (secondary N) is 1. The van der Waals surface area contributed by atoms with Gasteiger partial charge < -0.3 is 10.4 Å². The third kappa shape index (κ3) is 2.40. The van der Waals surface area contributed by atoms with Crippen LogP contribution in [0.4, 0.5) is 13.2 Å². The van der Waals surface area contributed by atoms with Gasteiger partial charge in [0.2, 0.25) is 0 Å². The van der Waals surface area contributed by atoms with Crippen molar-refractivity contribution in [3.63, 3.8) is 0 Å². The summed E-state index contributed by atoms with van der Waals surface area (Å²) in [5.74, 6) is -2.80. The fourth-order valence-electron chi connectivity index (χ4n) is 2.72. The Bertz CT molecular complexity index is 498. The van der Waals surface area contributed by atoms with Gasteiger partial charge in [0.1, 0.15) is 0 Å². The summed E-state index contributed by atoms with van der Waals surface area (Å²) in [5.41, 5.74) is -0.962. The molecule has 0 bridgehead atoms. The van der Waals surface area contributed by atoms with E-state index in [4.69, 9.17) is 5.11 Å². The molecule has 0 aromatic heterocycles.